The van der Waals surface area contributed by atoms with Crippen LogP contribution >= 0.6 is 0 Å². The molecule has 0 aliphatic rings. The van der Waals surface area contributed by atoms with Crippen LogP contribution in [0.25, 0.3) is 0 Å². The molecule has 5 heteroatoms. The Kier molecular flexibility index (Phi) is 3.29. The van der Waals surface area contributed by atoms with E-state index in [0.717, 1.165) is 11.6 Å². The number of ketones is 1. The number of hydrogen-bond acceptors (Lipinski definition) is 2. The fraction of sp³-hybridized carbons (Fsp3) is 0.0714. The summed E-state index contributed by atoms with van der Waals surface area (Å²) in [7, 11) is 0. The lowest BCUT2D eigenvalue weighted by Gasteiger charge is -2.07. The topological polar surface area (TPSA) is 43.1 Å². The van der Waals surface area contributed by atoms with E-state index in [2.05, 4.69) is 0 Å². The number of nitrogen functional groups attached to an aromatic ring is 1. The van der Waals surface area contributed by atoms with Gasteiger partial charge >= 0.3 is 0 Å². The zero-order valence-corrected chi connectivity index (χ0v) is 10.0. The van der Waals surface area contributed by atoms with Crippen LogP contribution in [0.15, 0.2) is 30.3 Å². The van der Waals surface area contributed by atoms with Gasteiger partial charge in [-0.15, -0.1) is 0 Å². The van der Waals surface area contributed by atoms with Crippen molar-refractivity contribution in [3.63, 3.8) is 0 Å². The van der Waals surface area contributed by atoms with Gasteiger partial charge in [0.2, 0.25) is 0 Å². The molecule has 2 aromatic rings. The fourth-order valence-corrected chi connectivity index (χ4v) is 1.71. The zero-order valence-electron chi connectivity index (χ0n) is 10.0. The largest absolute Gasteiger partial charge is 0.398 e. The number of nitrogens with two attached hydrogens (primary N) is 1. The van der Waals surface area contributed by atoms with Crippen LogP contribution in [0.2, 0.25) is 0 Å². The highest BCUT2D eigenvalue weighted by atomic mass is 19.2. The number of carbonyl (C=O) groups excluding carboxylic acids is 1. The SMILES string of the molecule is Cc1ccc(N)c(C(=O)c2ccc(F)c(F)c2F)c1. The van der Waals surface area contributed by atoms with Gasteiger partial charge in [-0.05, 0) is 31.2 Å². The standard InChI is InChI=1S/C14H10F3NO/c1-7-2-5-11(18)9(6-7)14(19)8-3-4-10(15)13(17)12(8)16/h2-6H,18H2,1H3. The van der Waals surface area contributed by atoms with E-state index in [1.165, 1.54) is 12.1 Å². The number of anilines is 1. The molecule has 0 atom stereocenters. The summed E-state index contributed by atoms with van der Waals surface area (Å²) in [5, 5.41) is 0. The Bertz CT molecular complexity index is 668. The summed E-state index contributed by atoms with van der Waals surface area (Å²) in [5.74, 6) is -5.30. The molecule has 19 heavy (non-hydrogen) atoms. The Morgan fingerprint density at radius 2 is 1.68 bits per heavy atom. The van der Waals surface area contributed by atoms with Gasteiger partial charge in [0, 0.05) is 11.3 Å². The molecule has 0 aromatic heterocycles. The van der Waals surface area contributed by atoms with E-state index in [4.69, 9.17) is 5.73 Å². The molecule has 0 bridgehead atoms. The first-order chi connectivity index (χ1) is 8.91. The zero-order chi connectivity index (χ0) is 14.2. The number of aryl methyl sites for hydroxylation is 1. The maximum absolute atomic E-state index is 13.6. The third kappa shape index (κ3) is 2.31. The molecule has 0 heterocycles. The van der Waals surface area contributed by atoms with Gasteiger partial charge in [-0.3, -0.25) is 4.79 Å². The smallest absolute Gasteiger partial charge is 0.198 e. The predicted molar refractivity (Wildman–Crippen MR) is 65.3 cm³/mol. The van der Waals surface area contributed by atoms with Crippen molar-refractivity contribution in [2.24, 2.45) is 0 Å². The third-order valence-electron chi connectivity index (χ3n) is 2.73. The normalized spacial score (nSPS) is 10.5. The van der Waals surface area contributed by atoms with Crippen LogP contribution in [0.3, 0.4) is 0 Å². The first kappa shape index (κ1) is 13.1. The number of carbonyl (C=O) groups is 1. The maximum Gasteiger partial charge on any atom is 0.198 e. The van der Waals surface area contributed by atoms with Crippen LogP contribution in [0.4, 0.5) is 18.9 Å². The maximum atomic E-state index is 13.6. The molecule has 0 aliphatic carbocycles. The minimum Gasteiger partial charge on any atom is -0.398 e. The second kappa shape index (κ2) is 4.76. The fourth-order valence-electron chi connectivity index (χ4n) is 1.71. The Morgan fingerprint density at radius 1 is 1.00 bits per heavy atom. The van der Waals surface area contributed by atoms with Gasteiger partial charge in [0.15, 0.2) is 23.2 Å². The van der Waals surface area contributed by atoms with E-state index < -0.39 is 28.8 Å². The van der Waals surface area contributed by atoms with Crippen molar-refractivity contribution in [1.82, 2.24) is 0 Å². The molecule has 0 saturated heterocycles. The molecule has 0 aliphatic heterocycles. The summed E-state index contributed by atoms with van der Waals surface area (Å²) in [6.07, 6.45) is 0. The van der Waals surface area contributed by atoms with Crippen molar-refractivity contribution in [2.45, 2.75) is 6.92 Å². The molecule has 0 spiro atoms. The molecule has 98 valence electrons. The van der Waals surface area contributed by atoms with Gasteiger partial charge in [-0.1, -0.05) is 11.6 Å². The van der Waals surface area contributed by atoms with Gasteiger partial charge in [0.05, 0.1) is 5.56 Å². The molecular formula is C14H10F3NO. The predicted octanol–water partition coefficient (Wildman–Crippen LogP) is 3.23. The molecule has 2 rings (SSSR count). The highest BCUT2D eigenvalue weighted by Crippen LogP contribution is 2.22. The number of hydrogen-bond donors (Lipinski definition) is 1. The van der Waals surface area contributed by atoms with E-state index in [1.54, 1.807) is 13.0 Å². The summed E-state index contributed by atoms with van der Waals surface area (Å²) < 4.78 is 39.5. The lowest BCUT2D eigenvalue weighted by Crippen LogP contribution is -2.10. The third-order valence-corrected chi connectivity index (χ3v) is 2.73. The average molecular weight is 265 g/mol. The van der Waals surface area contributed by atoms with Crippen LogP contribution < -0.4 is 5.73 Å². The lowest BCUT2D eigenvalue weighted by atomic mass is 9.99. The molecule has 2 nitrogen and oxygen atoms in total. The Hall–Kier alpha value is -2.30. The second-order valence-electron chi connectivity index (χ2n) is 4.14. The summed E-state index contributed by atoms with van der Waals surface area (Å²) in [6, 6.07) is 6.27. The van der Waals surface area contributed by atoms with E-state index in [1.807, 2.05) is 0 Å². The Morgan fingerprint density at radius 3 is 2.37 bits per heavy atom. The van der Waals surface area contributed by atoms with Gasteiger partial charge in [0.1, 0.15) is 0 Å². The number of halogens is 3. The Labute approximate surface area is 107 Å². The van der Waals surface area contributed by atoms with Crippen LogP contribution in [-0.4, -0.2) is 5.78 Å². The number of rotatable bonds is 2. The summed E-state index contributed by atoms with van der Waals surface area (Å²) in [4.78, 5) is 12.1. The van der Waals surface area contributed by atoms with Crippen molar-refractivity contribution < 1.29 is 18.0 Å². The van der Waals surface area contributed by atoms with E-state index in [-0.39, 0.29) is 11.3 Å². The van der Waals surface area contributed by atoms with E-state index in [0.29, 0.717) is 6.07 Å². The van der Waals surface area contributed by atoms with Crippen LogP contribution in [0, 0.1) is 24.4 Å². The quantitative estimate of drug-likeness (QED) is 0.514. The first-order valence-corrected chi connectivity index (χ1v) is 5.46. The van der Waals surface area contributed by atoms with E-state index >= 15 is 0 Å². The second-order valence-corrected chi connectivity index (χ2v) is 4.14. The molecule has 0 radical (unpaired) electrons. The highest BCUT2D eigenvalue weighted by molar-refractivity contribution is 6.12. The molecule has 0 amide bonds. The van der Waals surface area contributed by atoms with Gasteiger partial charge in [0.25, 0.3) is 0 Å². The molecule has 2 aromatic carbocycles. The molecule has 2 N–H and O–H groups in total. The van der Waals surface area contributed by atoms with Crippen molar-refractivity contribution in [3.8, 4) is 0 Å². The van der Waals surface area contributed by atoms with Crippen LogP contribution in [-0.2, 0) is 0 Å². The monoisotopic (exact) mass is 265 g/mol. The molecule has 0 unspecified atom stereocenters. The van der Waals surface area contributed by atoms with Crippen LogP contribution in [0.5, 0.6) is 0 Å². The summed E-state index contributed by atoms with van der Waals surface area (Å²) in [6.45, 7) is 1.73. The van der Waals surface area contributed by atoms with Crippen molar-refractivity contribution in [1.29, 1.82) is 0 Å². The van der Waals surface area contributed by atoms with Crippen molar-refractivity contribution in [2.75, 3.05) is 5.73 Å². The number of benzene rings is 2. The Balaban J connectivity index is 2.56. The summed E-state index contributed by atoms with van der Waals surface area (Å²) >= 11 is 0. The molecule has 0 fully saturated rings. The van der Waals surface area contributed by atoms with E-state index in [9.17, 15) is 18.0 Å². The first-order valence-electron chi connectivity index (χ1n) is 5.46. The van der Waals surface area contributed by atoms with Gasteiger partial charge in [-0.25, -0.2) is 13.2 Å². The minimum atomic E-state index is -1.67. The van der Waals surface area contributed by atoms with Gasteiger partial charge < -0.3 is 5.73 Å². The highest BCUT2D eigenvalue weighted by Gasteiger charge is 2.21. The van der Waals surface area contributed by atoms with Crippen molar-refractivity contribution >= 4 is 11.5 Å². The van der Waals surface area contributed by atoms with Crippen molar-refractivity contribution in [3.05, 3.63) is 64.5 Å². The molecular weight excluding hydrogens is 255 g/mol. The molecule has 0 saturated carbocycles. The summed E-state index contributed by atoms with van der Waals surface area (Å²) in [5.41, 5.74) is 6.05. The van der Waals surface area contributed by atoms with Crippen LogP contribution in [0.1, 0.15) is 21.5 Å². The minimum absolute atomic E-state index is 0.0601. The van der Waals surface area contributed by atoms with Gasteiger partial charge in [-0.2, -0.15) is 0 Å². The average Bonchev–Trinajstić information content (AvgIpc) is 2.38. The lowest BCUT2D eigenvalue weighted by molar-refractivity contribution is 0.103.